The number of nitrogens with one attached hydrogen (secondary N) is 1. The number of carbonyl (C=O) groups is 2. The molecule has 3 N–H and O–H groups in total. The van der Waals surface area contributed by atoms with E-state index in [-0.39, 0.29) is 24.9 Å². The third kappa shape index (κ3) is 43.9. The van der Waals surface area contributed by atoms with Gasteiger partial charge in [-0.25, -0.2) is 0 Å². The molecule has 0 aliphatic carbocycles. The van der Waals surface area contributed by atoms with Crippen LogP contribution in [0.5, 0.6) is 0 Å². The second kappa shape index (κ2) is 49.3. The Bertz CT molecular complexity index is 1150. The smallest absolute Gasteiger partial charge is 0.306 e. The average Bonchev–Trinajstić information content (AvgIpc) is 3.26. The van der Waals surface area contributed by atoms with Crippen molar-refractivity contribution in [3.05, 3.63) is 72.9 Å². The number of allylic oxidation sites excluding steroid dienone is 11. The topological polar surface area (TPSA) is 95.9 Å². The number of amides is 1. The van der Waals surface area contributed by atoms with Gasteiger partial charge in [-0.05, 0) is 57.4 Å². The van der Waals surface area contributed by atoms with Gasteiger partial charge in [0.05, 0.1) is 25.2 Å². The Labute approximate surface area is 383 Å². The van der Waals surface area contributed by atoms with E-state index in [9.17, 15) is 19.8 Å². The Morgan fingerprint density at radius 2 is 0.839 bits per heavy atom. The number of carbonyl (C=O) groups excluding carboxylic acids is 2. The Balaban J connectivity index is 4.76. The minimum absolute atomic E-state index is 0.0472. The molecule has 0 heterocycles. The van der Waals surface area contributed by atoms with E-state index >= 15 is 0 Å². The maximum atomic E-state index is 13.2. The normalized spacial score (nSPS) is 13.8. The van der Waals surface area contributed by atoms with Crippen LogP contribution in [-0.2, 0) is 14.3 Å². The molecule has 0 aromatic carbocycles. The zero-order valence-electron chi connectivity index (χ0n) is 40.7. The number of ether oxygens (including phenoxy) is 1. The van der Waals surface area contributed by atoms with E-state index in [2.05, 4.69) is 86.8 Å². The summed E-state index contributed by atoms with van der Waals surface area (Å²) in [6.45, 7) is 6.33. The van der Waals surface area contributed by atoms with Crippen LogP contribution in [0.3, 0.4) is 0 Å². The average molecular weight is 866 g/mol. The van der Waals surface area contributed by atoms with Gasteiger partial charge in [-0.2, -0.15) is 0 Å². The van der Waals surface area contributed by atoms with Crippen molar-refractivity contribution in [2.24, 2.45) is 0 Å². The summed E-state index contributed by atoms with van der Waals surface area (Å²) in [4.78, 5) is 26.1. The molecule has 0 saturated heterocycles. The lowest BCUT2D eigenvalue weighted by atomic mass is 10.0. The van der Waals surface area contributed by atoms with Crippen molar-refractivity contribution in [3.63, 3.8) is 0 Å². The minimum atomic E-state index is -0.820. The highest BCUT2D eigenvalue weighted by Gasteiger charge is 2.23. The molecule has 0 aromatic heterocycles. The zero-order chi connectivity index (χ0) is 45.2. The minimum Gasteiger partial charge on any atom is -0.458 e. The summed E-state index contributed by atoms with van der Waals surface area (Å²) in [5, 5.41) is 23.7. The van der Waals surface area contributed by atoms with E-state index in [0.29, 0.717) is 19.3 Å². The molecule has 6 nitrogen and oxygen atoms in total. The highest BCUT2D eigenvalue weighted by atomic mass is 16.5. The molecule has 358 valence electrons. The van der Waals surface area contributed by atoms with Crippen LogP contribution in [0.15, 0.2) is 72.9 Å². The SMILES string of the molecule is CC/C=C\C/C=C\C/C=C\C/C=C\C/C=C\C/C=C\C(CC(=O)NC(CO)C(O)CCCCCCCCCCCCCCC)OC(=O)CCCCCCCCCCCCCCC. The Morgan fingerprint density at radius 1 is 0.484 bits per heavy atom. The fourth-order valence-corrected chi connectivity index (χ4v) is 7.60. The maximum absolute atomic E-state index is 13.2. The molecule has 0 aliphatic heterocycles. The molecule has 3 atom stereocenters. The molecule has 0 aliphatic rings. The fraction of sp³-hybridized carbons (Fsp3) is 0.750. The Morgan fingerprint density at radius 3 is 1.23 bits per heavy atom. The molecule has 3 unspecified atom stereocenters. The lowest BCUT2D eigenvalue weighted by Crippen LogP contribution is -2.46. The van der Waals surface area contributed by atoms with Gasteiger partial charge in [0.15, 0.2) is 0 Å². The zero-order valence-corrected chi connectivity index (χ0v) is 40.7. The van der Waals surface area contributed by atoms with Gasteiger partial charge in [0.1, 0.15) is 6.10 Å². The summed E-state index contributed by atoms with van der Waals surface area (Å²) < 4.78 is 5.83. The van der Waals surface area contributed by atoms with Gasteiger partial charge >= 0.3 is 5.97 Å². The second-order valence-corrected chi connectivity index (χ2v) is 17.6. The van der Waals surface area contributed by atoms with Crippen LogP contribution >= 0.6 is 0 Å². The molecule has 6 heteroatoms. The Hall–Kier alpha value is -2.70. The van der Waals surface area contributed by atoms with Crippen LogP contribution in [0.1, 0.15) is 245 Å². The number of hydrogen-bond acceptors (Lipinski definition) is 5. The summed E-state index contributed by atoms with van der Waals surface area (Å²) in [6.07, 6.45) is 62.8. The molecular weight excluding hydrogens is 767 g/mol. The van der Waals surface area contributed by atoms with E-state index in [0.717, 1.165) is 70.6 Å². The largest absolute Gasteiger partial charge is 0.458 e. The highest BCUT2D eigenvalue weighted by molar-refractivity contribution is 5.78. The van der Waals surface area contributed by atoms with E-state index in [1.807, 2.05) is 6.08 Å². The van der Waals surface area contributed by atoms with Crippen LogP contribution in [0.25, 0.3) is 0 Å². The lowest BCUT2D eigenvalue weighted by molar-refractivity contribution is -0.148. The maximum Gasteiger partial charge on any atom is 0.306 e. The van der Waals surface area contributed by atoms with E-state index in [1.165, 1.54) is 128 Å². The van der Waals surface area contributed by atoms with Gasteiger partial charge in [0.25, 0.3) is 0 Å². The molecule has 0 rings (SSSR count). The molecule has 0 fully saturated rings. The molecule has 0 bridgehead atoms. The summed E-state index contributed by atoms with van der Waals surface area (Å²) in [5.74, 6) is -0.627. The number of unbranched alkanes of at least 4 members (excludes halogenated alkanes) is 24. The number of aliphatic hydroxyl groups excluding tert-OH is 2. The van der Waals surface area contributed by atoms with Crippen LogP contribution in [0, 0.1) is 0 Å². The number of aliphatic hydroxyl groups is 2. The summed E-state index contributed by atoms with van der Waals surface area (Å²) in [7, 11) is 0. The molecule has 62 heavy (non-hydrogen) atoms. The first-order valence-corrected chi connectivity index (χ1v) is 26.2. The first kappa shape index (κ1) is 59.3. The molecule has 0 saturated carbocycles. The number of esters is 1. The Kier molecular flexibility index (Phi) is 47.2. The molecule has 0 aromatic rings. The van der Waals surface area contributed by atoms with Gasteiger partial charge in [-0.3, -0.25) is 9.59 Å². The van der Waals surface area contributed by atoms with Gasteiger partial charge in [0, 0.05) is 6.42 Å². The van der Waals surface area contributed by atoms with Crippen LogP contribution in [-0.4, -0.2) is 46.9 Å². The van der Waals surface area contributed by atoms with Crippen molar-refractivity contribution in [2.45, 2.75) is 264 Å². The van der Waals surface area contributed by atoms with E-state index < -0.39 is 18.2 Å². The van der Waals surface area contributed by atoms with Crippen LogP contribution in [0.4, 0.5) is 0 Å². The number of hydrogen-bond donors (Lipinski definition) is 3. The van der Waals surface area contributed by atoms with Gasteiger partial charge in [-0.1, -0.05) is 248 Å². The molecular formula is C56H99NO5. The van der Waals surface area contributed by atoms with Crippen molar-refractivity contribution >= 4 is 11.9 Å². The molecule has 1 amide bonds. The van der Waals surface area contributed by atoms with Crippen LogP contribution in [0.2, 0.25) is 0 Å². The van der Waals surface area contributed by atoms with Crippen molar-refractivity contribution in [3.8, 4) is 0 Å². The van der Waals surface area contributed by atoms with Crippen molar-refractivity contribution in [1.29, 1.82) is 0 Å². The van der Waals surface area contributed by atoms with Crippen LogP contribution < -0.4 is 5.32 Å². The van der Waals surface area contributed by atoms with Crippen molar-refractivity contribution in [2.75, 3.05) is 6.61 Å². The lowest BCUT2D eigenvalue weighted by Gasteiger charge is -2.23. The predicted octanol–water partition coefficient (Wildman–Crippen LogP) is 15.8. The fourth-order valence-electron chi connectivity index (χ4n) is 7.60. The molecule has 0 spiro atoms. The third-order valence-electron chi connectivity index (χ3n) is 11.5. The quantitative estimate of drug-likeness (QED) is 0.0322. The number of rotatable bonds is 46. The second-order valence-electron chi connectivity index (χ2n) is 17.6. The van der Waals surface area contributed by atoms with Crippen molar-refractivity contribution in [1.82, 2.24) is 5.32 Å². The van der Waals surface area contributed by atoms with Gasteiger partial charge in [0.2, 0.25) is 5.91 Å². The first-order chi connectivity index (χ1) is 30.5. The van der Waals surface area contributed by atoms with E-state index in [4.69, 9.17) is 4.74 Å². The third-order valence-corrected chi connectivity index (χ3v) is 11.5. The summed E-state index contributed by atoms with van der Waals surface area (Å²) >= 11 is 0. The van der Waals surface area contributed by atoms with Gasteiger partial charge < -0.3 is 20.3 Å². The standard InChI is InChI=1S/C56H99NO5/c1-4-7-10-13-16-19-22-25-26-27-28-31-32-35-38-41-44-47-52(62-56(61)49-46-43-40-37-34-30-24-21-18-15-12-9-6-3)50-55(60)57-53(51-58)54(59)48-45-42-39-36-33-29-23-20-17-14-11-8-5-2/h7,10,16,19,25-26,28,31,35,38,44,47,52-54,58-59H,4-6,8-9,11-15,17-18,20-24,27,29-30,32-34,36-37,39-43,45-46,48-51H2,1-3H3,(H,57,60)/b10-7-,19-16-,26-25-,31-28-,38-35-,47-44-. The first-order valence-electron chi connectivity index (χ1n) is 26.2. The monoisotopic (exact) mass is 866 g/mol. The summed E-state index contributed by atoms with van der Waals surface area (Å²) in [6, 6.07) is -0.743. The molecule has 0 radical (unpaired) electrons. The van der Waals surface area contributed by atoms with Crippen molar-refractivity contribution < 1.29 is 24.5 Å². The predicted molar refractivity (Wildman–Crippen MR) is 268 cm³/mol. The van der Waals surface area contributed by atoms with Gasteiger partial charge in [-0.15, -0.1) is 0 Å². The van der Waals surface area contributed by atoms with E-state index in [1.54, 1.807) is 6.08 Å². The summed E-state index contributed by atoms with van der Waals surface area (Å²) in [5.41, 5.74) is 0. The highest BCUT2D eigenvalue weighted by Crippen LogP contribution is 2.16.